The first-order chi connectivity index (χ1) is 14.0. The number of hydrogen-bond acceptors (Lipinski definition) is 5. The number of nitrogens with one attached hydrogen (secondary N) is 1. The molecule has 2 aliphatic heterocycles. The molecule has 2 aromatic carbocycles. The minimum absolute atomic E-state index is 0.0479. The van der Waals surface area contributed by atoms with E-state index >= 15 is 0 Å². The highest BCUT2D eigenvalue weighted by atomic mass is 32.1. The van der Waals surface area contributed by atoms with Crippen LogP contribution in [0.25, 0.3) is 0 Å². The van der Waals surface area contributed by atoms with Crippen LogP contribution in [0.15, 0.2) is 42.5 Å². The molecule has 1 N–H and O–H groups in total. The normalized spacial score (nSPS) is 22.2. The van der Waals surface area contributed by atoms with Gasteiger partial charge in [0.05, 0.1) is 24.8 Å². The van der Waals surface area contributed by atoms with Crippen LogP contribution in [0, 0.1) is 0 Å². The van der Waals surface area contributed by atoms with Crippen LogP contribution in [0.2, 0.25) is 0 Å². The van der Waals surface area contributed by atoms with Crippen LogP contribution in [0.4, 0.5) is 5.69 Å². The first-order valence-corrected chi connectivity index (χ1v) is 10.2. The van der Waals surface area contributed by atoms with Crippen molar-refractivity contribution < 1.29 is 19.0 Å². The Morgan fingerprint density at radius 3 is 2.69 bits per heavy atom. The zero-order valence-corrected chi connectivity index (χ0v) is 17.5. The van der Waals surface area contributed by atoms with Crippen molar-refractivity contribution in [3.63, 3.8) is 0 Å². The van der Waals surface area contributed by atoms with Gasteiger partial charge in [0.15, 0.2) is 22.3 Å². The maximum Gasteiger partial charge on any atom is 0.338 e. The topological polar surface area (TPSA) is 60.0 Å². The summed E-state index contributed by atoms with van der Waals surface area (Å²) in [6, 6.07) is 13.2. The fraction of sp³-hybridized carbons (Fsp3) is 0.364. The fourth-order valence-corrected chi connectivity index (χ4v) is 4.42. The van der Waals surface area contributed by atoms with Crippen molar-refractivity contribution in [2.75, 3.05) is 18.1 Å². The van der Waals surface area contributed by atoms with E-state index in [1.54, 1.807) is 19.1 Å². The van der Waals surface area contributed by atoms with Crippen LogP contribution in [-0.2, 0) is 4.74 Å². The minimum Gasteiger partial charge on any atom is -0.490 e. The molecule has 2 aliphatic rings. The van der Waals surface area contributed by atoms with Crippen LogP contribution in [0.5, 0.6) is 11.5 Å². The Bertz CT molecular complexity index is 946. The summed E-state index contributed by atoms with van der Waals surface area (Å²) in [5.41, 5.74) is 1.71. The lowest BCUT2D eigenvalue weighted by Crippen LogP contribution is -2.65. The van der Waals surface area contributed by atoms with Crippen LogP contribution in [-0.4, -0.2) is 30.0 Å². The molecule has 0 aromatic heterocycles. The number of carbonyl (C=O) groups excluding carboxylic acids is 1. The van der Waals surface area contributed by atoms with Crippen molar-refractivity contribution >= 4 is 29.0 Å². The number of fused-ring (bicyclic) bond motifs is 4. The number of anilines is 1. The van der Waals surface area contributed by atoms with Crippen LogP contribution < -0.4 is 19.7 Å². The molecule has 29 heavy (non-hydrogen) atoms. The third-order valence-electron chi connectivity index (χ3n) is 5.20. The number of hydrogen-bond donors (Lipinski definition) is 1. The standard InChI is InChI=1S/C22H24N2O4S/c1-4-26-18-8-6-7-16-17-13-22(3,28-19(16)18)24(21(29)23-17)15-11-9-14(10-12-15)20(25)27-5-2/h6-12,17H,4-5,13H2,1-3H3,(H,23,29)/t17-,22+/m0/s1. The molecule has 1 saturated heterocycles. The lowest BCUT2D eigenvalue weighted by Gasteiger charge is -2.52. The number of para-hydroxylation sites is 1. The summed E-state index contributed by atoms with van der Waals surface area (Å²) >= 11 is 5.69. The summed E-state index contributed by atoms with van der Waals surface area (Å²) in [6.07, 6.45) is 0.718. The third-order valence-corrected chi connectivity index (χ3v) is 5.50. The molecular formula is C22H24N2O4S. The first kappa shape index (κ1) is 19.5. The minimum atomic E-state index is -0.682. The monoisotopic (exact) mass is 412 g/mol. The van der Waals surface area contributed by atoms with E-state index in [-0.39, 0.29) is 12.0 Å². The van der Waals surface area contributed by atoms with Gasteiger partial charge in [0, 0.05) is 17.7 Å². The van der Waals surface area contributed by atoms with Gasteiger partial charge >= 0.3 is 5.97 Å². The molecular weight excluding hydrogens is 388 g/mol. The molecule has 2 heterocycles. The molecule has 6 nitrogen and oxygen atoms in total. The van der Waals surface area contributed by atoms with E-state index in [1.807, 2.05) is 49.1 Å². The van der Waals surface area contributed by atoms with Crippen LogP contribution in [0.3, 0.4) is 0 Å². The Kier molecular flexibility index (Phi) is 5.08. The predicted octanol–water partition coefficient (Wildman–Crippen LogP) is 4.20. The van der Waals surface area contributed by atoms with Crippen LogP contribution in [0.1, 0.15) is 49.2 Å². The Balaban J connectivity index is 1.69. The number of carbonyl (C=O) groups is 1. The van der Waals surface area contributed by atoms with Gasteiger partial charge in [-0.3, -0.25) is 4.90 Å². The molecule has 1 fully saturated rings. The van der Waals surface area contributed by atoms with Gasteiger partial charge in [-0.25, -0.2) is 4.79 Å². The Hall–Kier alpha value is -2.80. The number of ether oxygens (including phenoxy) is 3. The van der Waals surface area contributed by atoms with E-state index in [4.69, 9.17) is 26.4 Å². The number of benzene rings is 2. The quantitative estimate of drug-likeness (QED) is 0.583. The van der Waals surface area contributed by atoms with E-state index in [0.717, 1.165) is 29.2 Å². The summed E-state index contributed by atoms with van der Waals surface area (Å²) in [6.45, 7) is 6.67. The maximum atomic E-state index is 12.0. The van der Waals surface area contributed by atoms with Gasteiger partial charge in [-0.2, -0.15) is 0 Å². The molecule has 0 amide bonds. The van der Waals surface area contributed by atoms with Gasteiger partial charge in [-0.15, -0.1) is 0 Å². The maximum absolute atomic E-state index is 12.0. The van der Waals surface area contributed by atoms with Crippen LogP contribution >= 0.6 is 12.2 Å². The van der Waals surface area contributed by atoms with Gasteiger partial charge in [0.1, 0.15) is 0 Å². The van der Waals surface area contributed by atoms with Crippen molar-refractivity contribution in [1.82, 2.24) is 5.32 Å². The molecule has 2 aromatic rings. The first-order valence-electron chi connectivity index (χ1n) is 9.79. The average Bonchev–Trinajstić information content (AvgIpc) is 2.69. The molecule has 0 radical (unpaired) electrons. The summed E-state index contributed by atoms with van der Waals surface area (Å²) in [5, 5.41) is 4.02. The smallest absolute Gasteiger partial charge is 0.338 e. The van der Waals surface area contributed by atoms with E-state index in [1.165, 1.54) is 0 Å². The zero-order chi connectivity index (χ0) is 20.6. The molecule has 2 atom stereocenters. The molecule has 0 saturated carbocycles. The lowest BCUT2D eigenvalue weighted by molar-refractivity contribution is 0.0457. The van der Waals surface area contributed by atoms with Gasteiger partial charge < -0.3 is 19.5 Å². The second-order valence-electron chi connectivity index (χ2n) is 7.19. The molecule has 152 valence electrons. The van der Waals surface area contributed by atoms with Crippen molar-refractivity contribution in [3.05, 3.63) is 53.6 Å². The van der Waals surface area contributed by atoms with Crippen molar-refractivity contribution in [3.8, 4) is 11.5 Å². The molecule has 4 rings (SSSR count). The van der Waals surface area contributed by atoms with Gasteiger partial charge in [-0.1, -0.05) is 12.1 Å². The zero-order valence-electron chi connectivity index (χ0n) is 16.7. The van der Waals surface area contributed by atoms with E-state index in [2.05, 4.69) is 5.32 Å². The molecule has 7 heteroatoms. The molecule has 2 bridgehead atoms. The Morgan fingerprint density at radius 2 is 2.00 bits per heavy atom. The fourth-order valence-electron chi connectivity index (χ4n) is 3.98. The Labute approximate surface area is 175 Å². The van der Waals surface area contributed by atoms with Gasteiger partial charge in [0.2, 0.25) is 0 Å². The number of thiocarbonyl (C=S) groups is 1. The molecule has 0 unspecified atom stereocenters. The molecule has 0 aliphatic carbocycles. The number of rotatable bonds is 5. The number of nitrogens with zero attached hydrogens (tertiary/aromatic N) is 1. The second-order valence-corrected chi connectivity index (χ2v) is 7.58. The van der Waals surface area contributed by atoms with Crippen molar-refractivity contribution in [2.24, 2.45) is 0 Å². The largest absolute Gasteiger partial charge is 0.490 e. The van der Waals surface area contributed by atoms with E-state index < -0.39 is 5.72 Å². The van der Waals surface area contributed by atoms with Crippen molar-refractivity contribution in [2.45, 2.75) is 39.0 Å². The SMILES string of the molecule is CCOC(=O)c1ccc(N2C(=S)N[C@H]3C[C@@]2(C)Oc2c(OCC)cccc23)cc1. The Morgan fingerprint density at radius 1 is 1.24 bits per heavy atom. The number of esters is 1. The van der Waals surface area contributed by atoms with Gasteiger partial charge in [-0.05, 0) is 63.3 Å². The second kappa shape index (κ2) is 7.55. The molecule has 0 spiro atoms. The van der Waals surface area contributed by atoms with E-state index in [0.29, 0.717) is 23.9 Å². The third kappa shape index (κ3) is 3.40. The van der Waals surface area contributed by atoms with Crippen molar-refractivity contribution in [1.29, 1.82) is 0 Å². The highest BCUT2D eigenvalue weighted by molar-refractivity contribution is 7.80. The van der Waals surface area contributed by atoms with E-state index in [9.17, 15) is 4.79 Å². The highest BCUT2D eigenvalue weighted by Crippen LogP contribution is 2.49. The predicted molar refractivity (Wildman–Crippen MR) is 115 cm³/mol. The van der Waals surface area contributed by atoms with Gasteiger partial charge in [0.25, 0.3) is 0 Å². The summed E-state index contributed by atoms with van der Waals surface area (Å²) in [5.74, 6) is 1.14. The summed E-state index contributed by atoms with van der Waals surface area (Å²) in [4.78, 5) is 13.9. The summed E-state index contributed by atoms with van der Waals surface area (Å²) in [7, 11) is 0. The summed E-state index contributed by atoms with van der Waals surface area (Å²) < 4.78 is 17.4. The lowest BCUT2D eigenvalue weighted by atomic mass is 9.90. The highest BCUT2D eigenvalue weighted by Gasteiger charge is 2.49. The average molecular weight is 413 g/mol.